The van der Waals surface area contributed by atoms with Gasteiger partial charge in [-0.05, 0) is 31.4 Å². The molecule has 16 heavy (non-hydrogen) atoms. The predicted molar refractivity (Wildman–Crippen MR) is 69.4 cm³/mol. The Bertz CT molecular complexity index is 290. The third kappa shape index (κ3) is 3.97. The molecule has 1 saturated carbocycles. The summed E-state index contributed by atoms with van der Waals surface area (Å²) in [6.07, 6.45) is 7.18. The van der Waals surface area contributed by atoms with Gasteiger partial charge in [0.1, 0.15) is 0 Å². The monoisotopic (exact) mass is 217 g/mol. The van der Waals surface area contributed by atoms with Crippen molar-refractivity contribution >= 4 is 0 Å². The molecular weight excluding hydrogens is 194 g/mol. The van der Waals surface area contributed by atoms with Crippen LogP contribution in [0.25, 0.3) is 0 Å². The minimum absolute atomic E-state index is 0.488. The largest absolute Gasteiger partial charge is 0.310 e. The average Bonchev–Trinajstić information content (AvgIpc) is 3.13. The van der Waals surface area contributed by atoms with Crippen LogP contribution in [0.1, 0.15) is 50.6 Å². The van der Waals surface area contributed by atoms with Gasteiger partial charge >= 0.3 is 0 Å². The number of hydrogen-bond acceptors (Lipinski definition) is 1. The Morgan fingerprint density at radius 2 is 1.94 bits per heavy atom. The lowest BCUT2D eigenvalue weighted by atomic mass is 10.1. The van der Waals surface area contributed by atoms with Crippen LogP contribution in [0.15, 0.2) is 30.3 Å². The first kappa shape index (κ1) is 11.7. The van der Waals surface area contributed by atoms with Crippen molar-refractivity contribution in [2.75, 3.05) is 6.54 Å². The molecule has 1 atom stereocenters. The van der Waals surface area contributed by atoms with E-state index in [-0.39, 0.29) is 0 Å². The summed E-state index contributed by atoms with van der Waals surface area (Å²) in [7, 11) is 0. The highest BCUT2D eigenvalue weighted by Crippen LogP contribution is 2.33. The summed E-state index contributed by atoms with van der Waals surface area (Å²) in [6, 6.07) is 11.2. The second kappa shape index (κ2) is 6.05. The number of rotatable bonds is 7. The van der Waals surface area contributed by atoms with Gasteiger partial charge in [-0.1, -0.05) is 56.0 Å². The highest BCUT2D eigenvalue weighted by Gasteiger charge is 2.19. The fraction of sp³-hybridized carbons (Fsp3) is 0.600. The molecule has 1 aliphatic rings. The van der Waals surface area contributed by atoms with Crippen molar-refractivity contribution in [2.45, 2.75) is 45.1 Å². The van der Waals surface area contributed by atoms with Crippen LogP contribution < -0.4 is 5.32 Å². The first-order valence-corrected chi connectivity index (χ1v) is 6.64. The number of unbranched alkanes of at least 4 members (excludes halogenated alkanes) is 1. The van der Waals surface area contributed by atoms with Crippen molar-refractivity contribution in [3.63, 3.8) is 0 Å². The van der Waals surface area contributed by atoms with Crippen LogP contribution in [0.4, 0.5) is 0 Å². The van der Waals surface area contributed by atoms with Gasteiger partial charge < -0.3 is 5.32 Å². The van der Waals surface area contributed by atoms with Crippen molar-refractivity contribution in [3.8, 4) is 0 Å². The Labute approximate surface area is 99.3 Å². The lowest BCUT2D eigenvalue weighted by Crippen LogP contribution is -2.19. The van der Waals surface area contributed by atoms with Crippen LogP contribution in [-0.4, -0.2) is 6.54 Å². The third-order valence-corrected chi connectivity index (χ3v) is 3.49. The molecule has 1 aliphatic carbocycles. The number of hydrogen-bond donors (Lipinski definition) is 1. The highest BCUT2D eigenvalue weighted by atomic mass is 14.9. The Morgan fingerprint density at radius 3 is 2.62 bits per heavy atom. The molecule has 1 nitrogen and oxygen atoms in total. The van der Waals surface area contributed by atoms with Gasteiger partial charge in [-0.3, -0.25) is 0 Å². The molecule has 1 N–H and O–H groups in total. The van der Waals surface area contributed by atoms with E-state index in [0.717, 1.165) is 12.5 Å². The lowest BCUT2D eigenvalue weighted by Gasteiger charge is -2.13. The molecule has 1 heteroatoms. The Balaban J connectivity index is 1.58. The van der Waals surface area contributed by atoms with Gasteiger partial charge in [-0.2, -0.15) is 0 Å². The Hall–Kier alpha value is -0.820. The standard InChI is InChI=1S/C15H23N/c1-13(15-8-3-2-4-9-15)16-12-6-5-7-14-10-11-14/h2-4,8-9,13-14,16H,5-7,10-12H2,1H3. The zero-order valence-electron chi connectivity index (χ0n) is 10.3. The predicted octanol–water partition coefficient (Wildman–Crippen LogP) is 3.92. The molecule has 0 heterocycles. The molecule has 2 rings (SSSR count). The van der Waals surface area contributed by atoms with Gasteiger partial charge in [0, 0.05) is 6.04 Å². The van der Waals surface area contributed by atoms with Crippen LogP contribution in [0.2, 0.25) is 0 Å². The van der Waals surface area contributed by atoms with Gasteiger partial charge in [0.05, 0.1) is 0 Å². The smallest absolute Gasteiger partial charge is 0.0291 e. The van der Waals surface area contributed by atoms with E-state index < -0.39 is 0 Å². The summed E-state index contributed by atoms with van der Waals surface area (Å²) in [5.41, 5.74) is 1.39. The second-order valence-electron chi connectivity index (χ2n) is 5.03. The van der Waals surface area contributed by atoms with Crippen LogP contribution in [-0.2, 0) is 0 Å². The minimum atomic E-state index is 0.488. The molecule has 1 fully saturated rings. The Morgan fingerprint density at radius 1 is 1.19 bits per heavy atom. The SMILES string of the molecule is CC(NCCCCC1CC1)c1ccccc1. The molecule has 0 aliphatic heterocycles. The van der Waals surface area contributed by atoms with Crippen LogP contribution >= 0.6 is 0 Å². The van der Waals surface area contributed by atoms with E-state index in [2.05, 4.69) is 42.6 Å². The zero-order chi connectivity index (χ0) is 11.2. The normalized spacial score (nSPS) is 17.3. The second-order valence-corrected chi connectivity index (χ2v) is 5.03. The highest BCUT2D eigenvalue weighted by molar-refractivity contribution is 5.17. The summed E-state index contributed by atoms with van der Waals surface area (Å²) in [5, 5.41) is 3.59. The maximum Gasteiger partial charge on any atom is 0.0291 e. The molecule has 1 aromatic rings. The first-order valence-electron chi connectivity index (χ1n) is 6.64. The zero-order valence-corrected chi connectivity index (χ0v) is 10.3. The van der Waals surface area contributed by atoms with Crippen molar-refractivity contribution in [1.29, 1.82) is 0 Å². The average molecular weight is 217 g/mol. The molecule has 0 aromatic heterocycles. The van der Waals surface area contributed by atoms with Gasteiger partial charge in [0.25, 0.3) is 0 Å². The molecule has 0 bridgehead atoms. The first-order chi connectivity index (χ1) is 7.86. The fourth-order valence-corrected chi connectivity index (χ4v) is 2.14. The van der Waals surface area contributed by atoms with Crippen molar-refractivity contribution < 1.29 is 0 Å². The fourth-order valence-electron chi connectivity index (χ4n) is 2.14. The van der Waals surface area contributed by atoms with Gasteiger partial charge in [0.15, 0.2) is 0 Å². The summed E-state index contributed by atoms with van der Waals surface area (Å²) >= 11 is 0. The van der Waals surface area contributed by atoms with E-state index in [1.165, 1.54) is 37.7 Å². The molecule has 0 spiro atoms. The quantitative estimate of drug-likeness (QED) is 0.683. The van der Waals surface area contributed by atoms with E-state index in [4.69, 9.17) is 0 Å². The van der Waals surface area contributed by atoms with Gasteiger partial charge in [-0.25, -0.2) is 0 Å². The van der Waals surface area contributed by atoms with Crippen LogP contribution in [0, 0.1) is 5.92 Å². The number of nitrogens with one attached hydrogen (secondary N) is 1. The van der Waals surface area contributed by atoms with E-state index >= 15 is 0 Å². The molecule has 0 saturated heterocycles. The van der Waals surface area contributed by atoms with E-state index in [1.807, 2.05) is 0 Å². The topological polar surface area (TPSA) is 12.0 Å². The molecule has 0 amide bonds. The van der Waals surface area contributed by atoms with Crippen molar-refractivity contribution in [2.24, 2.45) is 5.92 Å². The maximum absolute atomic E-state index is 3.59. The third-order valence-electron chi connectivity index (χ3n) is 3.49. The summed E-state index contributed by atoms with van der Waals surface area (Å²) in [6.45, 7) is 3.40. The number of benzene rings is 1. The summed E-state index contributed by atoms with van der Waals surface area (Å²) < 4.78 is 0. The molecule has 0 radical (unpaired) electrons. The van der Waals surface area contributed by atoms with Crippen molar-refractivity contribution in [1.82, 2.24) is 5.32 Å². The summed E-state index contributed by atoms with van der Waals surface area (Å²) in [4.78, 5) is 0. The van der Waals surface area contributed by atoms with E-state index in [0.29, 0.717) is 6.04 Å². The van der Waals surface area contributed by atoms with Crippen molar-refractivity contribution in [3.05, 3.63) is 35.9 Å². The van der Waals surface area contributed by atoms with E-state index in [1.54, 1.807) is 0 Å². The molecule has 88 valence electrons. The summed E-state index contributed by atoms with van der Waals surface area (Å²) in [5.74, 6) is 1.09. The van der Waals surface area contributed by atoms with E-state index in [9.17, 15) is 0 Å². The molecule has 1 unspecified atom stereocenters. The minimum Gasteiger partial charge on any atom is -0.310 e. The van der Waals surface area contributed by atoms with Crippen LogP contribution in [0.5, 0.6) is 0 Å². The molecule has 1 aromatic carbocycles. The van der Waals surface area contributed by atoms with Crippen LogP contribution in [0.3, 0.4) is 0 Å². The molecular formula is C15H23N. The maximum atomic E-state index is 3.59. The lowest BCUT2D eigenvalue weighted by molar-refractivity contribution is 0.528. The van der Waals surface area contributed by atoms with Gasteiger partial charge in [-0.15, -0.1) is 0 Å². The van der Waals surface area contributed by atoms with Gasteiger partial charge in [0.2, 0.25) is 0 Å². The Kier molecular flexibility index (Phi) is 4.41.